The van der Waals surface area contributed by atoms with Crippen molar-refractivity contribution in [3.8, 4) is 5.75 Å². The fraction of sp³-hybridized carbons (Fsp3) is 0.400. The van der Waals surface area contributed by atoms with Crippen LogP contribution in [0.15, 0.2) is 23.1 Å². The van der Waals surface area contributed by atoms with Crippen LogP contribution in [-0.2, 0) is 10.0 Å². The molecule has 0 atom stereocenters. The Balaban J connectivity index is 2.31. The van der Waals surface area contributed by atoms with Crippen molar-refractivity contribution in [3.05, 3.63) is 18.2 Å². The number of sulfonamides is 1. The van der Waals surface area contributed by atoms with Gasteiger partial charge in [0.2, 0.25) is 10.0 Å². The topological polar surface area (TPSA) is 92.4 Å². The second kappa shape index (κ2) is 4.01. The lowest BCUT2D eigenvalue weighted by atomic mass is 10.3. The predicted molar refractivity (Wildman–Crippen MR) is 60.9 cm³/mol. The summed E-state index contributed by atoms with van der Waals surface area (Å²) < 4.78 is 63.4. The molecule has 0 amide bonds. The van der Waals surface area contributed by atoms with Gasteiger partial charge in [0.05, 0.1) is 10.6 Å². The Morgan fingerprint density at radius 3 is 2.32 bits per heavy atom. The molecule has 2 rings (SSSR count). The standard InChI is InChI=1S/C10H11F3N2O3S/c11-10(12,13)9(3-4-9)15-19(17,18)6-1-2-8(16)7(14)5-6/h1-2,5,15-16H,3-4,14H2. The number of hydrogen-bond acceptors (Lipinski definition) is 4. The highest BCUT2D eigenvalue weighted by Crippen LogP contribution is 2.49. The van der Waals surface area contributed by atoms with Crippen molar-refractivity contribution in [3.63, 3.8) is 0 Å². The number of alkyl halides is 3. The van der Waals surface area contributed by atoms with E-state index in [0.717, 1.165) is 18.2 Å². The third-order valence-corrected chi connectivity index (χ3v) is 4.47. The van der Waals surface area contributed by atoms with Gasteiger partial charge in [-0.2, -0.15) is 17.9 Å². The normalized spacial score (nSPS) is 18.3. The van der Waals surface area contributed by atoms with Gasteiger partial charge < -0.3 is 10.8 Å². The zero-order chi connectivity index (χ0) is 14.5. The lowest BCUT2D eigenvalue weighted by Crippen LogP contribution is -2.47. The molecule has 1 aromatic rings. The molecule has 5 nitrogen and oxygen atoms in total. The van der Waals surface area contributed by atoms with Crippen LogP contribution in [0.2, 0.25) is 0 Å². The summed E-state index contributed by atoms with van der Waals surface area (Å²) in [7, 11) is -4.34. The summed E-state index contributed by atoms with van der Waals surface area (Å²) in [6.07, 6.45) is -5.21. The molecule has 1 aliphatic rings. The molecule has 0 spiro atoms. The van der Waals surface area contributed by atoms with Gasteiger partial charge in [-0.15, -0.1) is 0 Å². The molecule has 106 valence electrons. The van der Waals surface area contributed by atoms with E-state index in [4.69, 9.17) is 10.8 Å². The number of anilines is 1. The molecule has 0 radical (unpaired) electrons. The Kier molecular flexibility index (Phi) is 2.94. The van der Waals surface area contributed by atoms with Gasteiger partial charge in [0.25, 0.3) is 0 Å². The molecule has 1 saturated carbocycles. The van der Waals surface area contributed by atoms with Crippen LogP contribution in [-0.4, -0.2) is 25.2 Å². The molecule has 9 heteroatoms. The van der Waals surface area contributed by atoms with E-state index in [2.05, 4.69) is 0 Å². The summed E-state index contributed by atoms with van der Waals surface area (Å²) >= 11 is 0. The first-order valence-electron chi connectivity index (χ1n) is 5.27. The minimum atomic E-state index is -4.64. The van der Waals surface area contributed by atoms with Crippen molar-refractivity contribution < 1.29 is 26.7 Å². The quantitative estimate of drug-likeness (QED) is 0.580. The van der Waals surface area contributed by atoms with E-state index in [1.165, 1.54) is 0 Å². The van der Waals surface area contributed by atoms with Gasteiger partial charge in [-0.05, 0) is 31.0 Å². The summed E-state index contributed by atoms with van der Waals surface area (Å²) in [5.74, 6) is -0.337. The number of phenols is 1. The number of hydrogen-bond donors (Lipinski definition) is 3. The Morgan fingerprint density at radius 1 is 1.32 bits per heavy atom. The van der Waals surface area contributed by atoms with E-state index in [0.29, 0.717) is 0 Å². The minimum Gasteiger partial charge on any atom is -0.506 e. The highest BCUT2D eigenvalue weighted by Gasteiger charge is 2.65. The first kappa shape index (κ1) is 13.9. The van der Waals surface area contributed by atoms with Crippen LogP contribution in [0, 0.1) is 0 Å². The monoisotopic (exact) mass is 296 g/mol. The third-order valence-electron chi connectivity index (χ3n) is 2.93. The summed E-state index contributed by atoms with van der Waals surface area (Å²) in [4.78, 5) is -0.418. The molecule has 0 saturated heterocycles. The van der Waals surface area contributed by atoms with Crippen molar-refractivity contribution in [2.45, 2.75) is 29.5 Å². The zero-order valence-electron chi connectivity index (χ0n) is 9.53. The maximum atomic E-state index is 12.7. The average Bonchev–Trinajstić information content (AvgIpc) is 3.01. The average molecular weight is 296 g/mol. The Morgan fingerprint density at radius 2 is 1.89 bits per heavy atom. The predicted octanol–water partition coefficient (Wildman–Crippen LogP) is 1.35. The maximum absolute atomic E-state index is 12.7. The van der Waals surface area contributed by atoms with E-state index in [-0.39, 0.29) is 24.3 Å². The Labute approximate surface area is 107 Å². The van der Waals surface area contributed by atoms with Crippen LogP contribution < -0.4 is 10.5 Å². The van der Waals surface area contributed by atoms with Gasteiger partial charge in [-0.3, -0.25) is 0 Å². The second-order valence-electron chi connectivity index (χ2n) is 4.41. The molecule has 4 N–H and O–H groups in total. The van der Waals surface area contributed by atoms with Crippen LogP contribution in [0.3, 0.4) is 0 Å². The molecule has 1 fully saturated rings. The van der Waals surface area contributed by atoms with Crippen LogP contribution in [0.25, 0.3) is 0 Å². The summed E-state index contributed by atoms with van der Waals surface area (Å²) in [6, 6.07) is 2.90. The van der Waals surface area contributed by atoms with Crippen molar-refractivity contribution in [2.75, 3.05) is 5.73 Å². The Bertz CT molecular complexity index is 609. The molecular formula is C10H11F3N2O3S. The maximum Gasteiger partial charge on any atom is 0.407 e. The molecule has 1 aromatic carbocycles. The van der Waals surface area contributed by atoms with E-state index in [9.17, 15) is 21.6 Å². The van der Waals surface area contributed by atoms with E-state index >= 15 is 0 Å². The van der Waals surface area contributed by atoms with E-state index < -0.39 is 26.6 Å². The molecular weight excluding hydrogens is 285 g/mol. The van der Waals surface area contributed by atoms with Gasteiger partial charge in [0, 0.05) is 0 Å². The highest BCUT2D eigenvalue weighted by molar-refractivity contribution is 7.89. The van der Waals surface area contributed by atoms with Gasteiger partial charge in [-0.1, -0.05) is 0 Å². The van der Waals surface area contributed by atoms with E-state index in [1.807, 2.05) is 0 Å². The molecule has 19 heavy (non-hydrogen) atoms. The number of halogens is 3. The number of rotatable bonds is 3. The third kappa shape index (κ3) is 2.47. The fourth-order valence-corrected chi connectivity index (χ4v) is 3.07. The molecule has 0 aliphatic heterocycles. The van der Waals surface area contributed by atoms with Crippen molar-refractivity contribution >= 4 is 15.7 Å². The highest BCUT2D eigenvalue weighted by atomic mass is 32.2. The van der Waals surface area contributed by atoms with Gasteiger partial charge in [0.15, 0.2) is 0 Å². The van der Waals surface area contributed by atoms with Crippen LogP contribution in [0.5, 0.6) is 5.75 Å². The van der Waals surface area contributed by atoms with Crippen molar-refractivity contribution in [1.82, 2.24) is 4.72 Å². The first-order chi connectivity index (χ1) is 8.57. The van der Waals surface area contributed by atoms with Gasteiger partial charge >= 0.3 is 6.18 Å². The molecule has 0 aromatic heterocycles. The minimum absolute atomic E-state index is 0.222. The summed E-state index contributed by atoms with van der Waals surface area (Å²) in [5.41, 5.74) is 2.72. The van der Waals surface area contributed by atoms with E-state index in [1.54, 1.807) is 4.72 Å². The van der Waals surface area contributed by atoms with Crippen LogP contribution >= 0.6 is 0 Å². The number of nitrogens with one attached hydrogen (secondary N) is 1. The summed E-state index contributed by atoms with van der Waals surface area (Å²) in [6.45, 7) is 0. The number of phenolic OH excluding ortho intramolecular Hbond substituents is 1. The second-order valence-corrected chi connectivity index (χ2v) is 6.09. The number of nitrogens with two attached hydrogens (primary N) is 1. The lowest BCUT2D eigenvalue weighted by Gasteiger charge is -2.20. The molecule has 1 aliphatic carbocycles. The molecule has 0 bridgehead atoms. The first-order valence-corrected chi connectivity index (χ1v) is 6.75. The Hall–Kier alpha value is -1.48. The number of nitrogen functional groups attached to an aromatic ring is 1. The molecule has 0 unspecified atom stereocenters. The van der Waals surface area contributed by atoms with Gasteiger partial charge in [0.1, 0.15) is 11.3 Å². The van der Waals surface area contributed by atoms with Crippen molar-refractivity contribution in [1.29, 1.82) is 0 Å². The smallest absolute Gasteiger partial charge is 0.407 e. The van der Waals surface area contributed by atoms with Gasteiger partial charge in [-0.25, -0.2) is 8.42 Å². The van der Waals surface area contributed by atoms with Crippen molar-refractivity contribution in [2.24, 2.45) is 0 Å². The number of aromatic hydroxyl groups is 1. The fourth-order valence-electron chi connectivity index (χ4n) is 1.58. The number of benzene rings is 1. The zero-order valence-corrected chi connectivity index (χ0v) is 10.3. The lowest BCUT2D eigenvalue weighted by molar-refractivity contribution is -0.160. The molecule has 0 heterocycles. The SMILES string of the molecule is Nc1cc(S(=O)(=O)NC2(C(F)(F)F)CC2)ccc1O. The summed E-state index contributed by atoms with van der Waals surface area (Å²) in [5, 5.41) is 9.16. The van der Waals surface area contributed by atoms with Crippen LogP contribution in [0.4, 0.5) is 18.9 Å². The largest absolute Gasteiger partial charge is 0.506 e. The van der Waals surface area contributed by atoms with Crippen LogP contribution in [0.1, 0.15) is 12.8 Å².